The molecule has 0 aromatic heterocycles. The summed E-state index contributed by atoms with van der Waals surface area (Å²) in [4.78, 5) is 40.7. The van der Waals surface area contributed by atoms with E-state index in [4.69, 9.17) is 15.0 Å². The number of carbonyl (C=O) groups excluding carboxylic acids is 2. The van der Waals surface area contributed by atoms with Crippen LogP contribution >= 0.6 is 0 Å². The molecule has 220 valence electrons. The van der Waals surface area contributed by atoms with Gasteiger partial charge in [-0.3, -0.25) is 24.7 Å². The highest BCUT2D eigenvalue weighted by atomic mass is 16.7. The Morgan fingerprint density at radius 3 is 2.51 bits per heavy atom. The van der Waals surface area contributed by atoms with Crippen molar-refractivity contribution in [2.45, 2.75) is 111 Å². The molecule has 1 saturated heterocycles. The fraction of sp³-hybridized carbons (Fsp3) is 0.893. The lowest BCUT2D eigenvalue weighted by Crippen LogP contribution is -2.65. The topological polar surface area (TPSA) is 146 Å². The SMILES string of the molecule is CC[C@H](C)C(=O)C[C@@H](CCCN=C(N)C[N+](=O)[O-])C(=O)N[C@@H](CC(C)C)B1O[C@@H]2C[C@@H]3C[C@@H](C3(C)C)[C@]2(C)O1. The molecule has 7 atom stereocenters. The molecule has 2 bridgehead atoms. The highest BCUT2D eigenvalue weighted by molar-refractivity contribution is 6.47. The van der Waals surface area contributed by atoms with Gasteiger partial charge < -0.3 is 20.4 Å². The molecule has 3 N–H and O–H groups in total. The van der Waals surface area contributed by atoms with Crippen LogP contribution in [0, 0.1) is 45.1 Å². The van der Waals surface area contributed by atoms with E-state index in [0.29, 0.717) is 43.4 Å². The Bertz CT molecular complexity index is 943. The van der Waals surface area contributed by atoms with Gasteiger partial charge in [-0.2, -0.15) is 0 Å². The minimum atomic E-state index is -0.529. The van der Waals surface area contributed by atoms with E-state index in [1.807, 2.05) is 13.8 Å². The molecule has 4 aliphatic rings. The molecule has 11 heteroatoms. The number of ketones is 1. The van der Waals surface area contributed by atoms with Gasteiger partial charge in [0.25, 0.3) is 6.54 Å². The summed E-state index contributed by atoms with van der Waals surface area (Å²) in [6.45, 7) is 14.7. The van der Waals surface area contributed by atoms with Crippen LogP contribution in [0.2, 0.25) is 0 Å². The van der Waals surface area contributed by atoms with Crippen LogP contribution in [0.4, 0.5) is 0 Å². The van der Waals surface area contributed by atoms with Gasteiger partial charge in [0.1, 0.15) is 5.78 Å². The van der Waals surface area contributed by atoms with E-state index in [0.717, 1.165) is 12.8 Å². The smallest absolute Gasteiger partial charge is 0.404 e. The Morgan fingerprint density at radius 1 is 1.23 bits per heavy atom. The third kappa shape index (κ3) is 7.20. The Labute approximate surface area is 233 Å². The number of amidine groups is 1. The number of rotatable bonds is 15. The molecule has 0 radical (unpaired) electrons. The maximum atomic E-state index is 13.7. The summed E-state index contributed by atoms with van der Waals surface area (Å²) >= 11 is 0. The van der Waals surface area contributed by atoms with E-state index in [2.05, 4.69) is 44.9 Å². The number of Topliss-reactive ketones (excluding diaryl/α,β-unsaturated/α-hetero) is 1. The largest absolute Gasteiger partial charge is 0.481 e. The summed E-state index contributed by atoms with van der Waals surface area (Å²) in [5.41, 5.74) is 5.47. The van der Waals surface area contributed by atoms with E-state index in [-0.39, 0.29) is 59.5 Å². The first-order valence-corrected chi connectivity index (χ1v) is 14.8. The average Bonchev–Trinajstić information content (AvgIpc) is 3.21. The van der Waals surface area contributed by atoms with Crippen LogP contribution in [0.25, 0.3) is 0 Å². The summed E-state index contributed by atoms with van der Waals surface area (Å²) in [7, 11) is -0.529. The number of nitrogens with two attached hydrogens (primary N) is 1. The Morgan fingerprint density at radius 2 is 1.92 bits per heavy atom. The highest BCUT2D eigenvalue weighted by Gasteiger charge is 2.68. The first-order chi connectivity index (χ1) is 18.2. The maximum Gasteiger partial charge on any atom is 0.481 e. The molecule has 0 unspecified atom stereocenters. The second-order valence-electron chi connectivity index (χ2n) is 13.3. The summed E-state index contributed by atoms with van der Waals surface area (Å²) in [6, 6.07) is 0. The lowest BCUT2D eigenvalue weighted by molar-refractivity contribution is -0.463. The van der Waals surface area contributed by atoms with Crippen molar-refractivity contribution < 1.29 is 23.8 Å². The molecule has 0 spiro atoms. The normalized spacial score (nSPS) is 29.8. The molecule has 1 amide bonds. The maximum absolute atomic E-state index is 13.7. The van der Waals surface area contributed by atoms with Crippen molar-refractivity contribution in [2.24, 2.45) is 45.7 Å². The number of aliphatic imine (C=N–C) groups is 1. The van der Waals surface area contributed by atoms with Gasteiger partial charge in [-0.1, -0.05) is 41.5 Å². The lowest BCUT2D eigenvalue weighted by Gasteiger charge is -2.64. The quantitative estimate of drug-likeness (QED) is 0.0790. The highest BCUT2D eigenvalue weighted by Crippen LogP contribution is 2.65. The van der Waals surface area contributed by atoms with E-state index in [1.165, 1.54) is 0 Å². The predicted molar refractivity (Wildman–Crippen MR) is 152 cm³/mol. The van der Waals surface area contributed by atoms with Gasteiger partial charge in [-0.15, -0.1) is 0 Å². The van der Waals surface area contributed by atoms with Crippen molar-refractivity contribution in [3.63, 3.8) is 0 Å². The number of carbonyl (C=O) groups is 2. The first kappa shape index (κ1) is 31.5. The van der Waals surface area contributed by atoms with Gasteiger partial charge in [0.2, 0.25) is 5.91 Å². The van der Waals surface area contributed by atoms with Gasteiger partial charge in [0.15, 0.2) is 5.84 Å². The Balaban J connectivity index is 1.70. The number of nitrogens with one attached hydrogen (secondary N) is 1. The molecule has 10 nitrogen and oxygen atoms in total. The molecular weight excluding hydrogens is 499 g/mol. The van der Waals surface area contributed by atoms with Crippen molar-refractivity contribution in [2.75, 3.05) is 13.1 Å². The number of nitro groups is 1. The number of hydrogen-bond acceptors (Lipinski definition) is 7. The molecule has 3 saturated carbocycles. The minimum Gasteiger partial charge on any atom is -0.404 e. The van der Waals surface area contributed by atoms with Crippen LogP contribution in [-0.4, -0.2) is 60.3 Å². The molecule has 0 aromatic rings. The Hall–Kier alpha value is -2.01. The van der Waals surface area contributed by atoms with Crippen LogP contribution < -0.4 is 11.1 Å². The molecule has 3 aliphatic carbocycles. The monoisotopic (exact) mass is 548 g/mol. The van der Waals surface area contributed by atoms with E-state index < -0.39 is 24.5 Å². The Kier molecular flexibility index (Phi) is 10.2. The van der Waals surface area contributed by atoms with E-state index in [9.17, 15) is 19.7 Å². The van der Waals surface area contributed by atoms with Crippen LogP contribution in [0.5, 0.6) is 0 Å². The molecule has 0 aromatic carbocycles. The summed E-state index contributed by atoms with van der Waals surface area (Å²) in [5, 5.41) is 13.8. The van der Waals surface area contributed by atoms with Crippen LogP contribution in [0.3, 0.4) is 0 Å². The molecule has 4 fully saturated rings. The zero-order valence-electron chi connectivity index (χ0n) is 24.9. The van der Waals surface area contributed by atoms with Gasteiger partial charge >= 0.3 is 7.12 Å². The van der Waals surface area contributed by atoms with E-state index >= 15 is 0 Å². The molecule has 4 rings (SSSR count). The van der Waals surface area contributed by atoms with Crippen molar-refractivity contribution in [3.05, 3.63) is 10.1 Å². The summed E-state index contributed by atoms with van der Waals surface area (Å²) in [5.74, 6) is 0.230. The average molecular weight is 549 g/mol. The van der Waals surface area contributed by atoms with Crippen molar-refractivity contribution in [1.82, 2.24) is 5.32 Å². The predicted octanol–water partition coefficient (Wildman–Crippen LogP) is 3.82. The summed E-state index contributed by atoms with van der Waals surface area (Å²) in [6.07, 6.45) is 4.65. The number of amides is 1. The van der Waals surface area contributed by atoms with E-state index in [1.54, 1.807) is 0 Å². The van der Waals surface area contributed by atoms with Crippen molar-refractivity contribution in [1.29, 1.82) is 0 Å². The first-order valence-electron chi connectivity index (χ1n) is 14.8. The zero-order valence-corrected chi connectivity index (χ0v) is 24.9. The second-order valence-corrected chi connectivity index (χ2v) is 13.3. The second kappa shape index (κ2) is 12.7. The fourth-order valence-corrected chi connectivity index (χ4v) is 6.86. The number of nitrogens with zero attached hydrogens (tertiary/aromatic N) is 2. The molecule has 1 heterocycles. The van der Waals surface area contributed by atoms with Gasteiger partial charge in [0.05, 0.1) is 17.6 Å². The van der Waals surface area contributed by atoms with Gasteiger partial charge in [0, 0.05) is 29.7 Å². The van der Waals surface area contributed by atoms with Crippen LogP contribution in [0.1, 0.15) is 93.4 Å². The van der Waals surface area contributed by atoms with Gasteiger partial charge in [-0.05, 0) is 68.6 Å². The fourth-order valence-electron chi connectivity index (χ4n) is 6.86. The summed E-state index contributed by atoms with van der Waals surface area (Å²) < 4.78 is 13.2. The molecule has 1 aliphatic heterocycles. The lowest BCUT2D eigenvalue weighted by atomic mass is 9.43. The zero-order chi connectivity index (χ0) is 29.1. The third-order valence-electron chi connectivity index (χ3n) is 9.65. The molecular formula is C28H49BN4O6. The van der Waals surface area contributed by atoms with Crippen LogP contribution in [-0.2, 0) is 18.9 Å². The van der Waals surface area contributed by atoms with Crippen molar-refractivity contribution >= 4 is 24.6 Å². The van der Waals surface area contributed by atoms with Crippen molar-refractivity contribution in [3.8, 4) is 0 Å². The minimum absolute atomic E-state index is 0.0242. The number of hydrogen-bond donors (Lipinski definition) is 2. The third-order valence-corrected chi connectivity index (χ3v) is 9.65. The molecule has 39 heavy (non-hydrogen) atoms. The van der Waals surface area contributed by atoms with Crippen LogP contribution in [0.15, 0.2) is 4.99 Å². The standard InChI is InChI=1S/C28H49BN4O6/c1-8-18(4)21(34)13-19(10-9-11-31-25(30)16-33(36)37)26(35)32-24(12-17(2)3)29-38-23-15-20-14-22(27(20,5)6)28(23,7)39-29/h17-20,22-24H,8-16H2,1-7H3,(H2,30,31)(H,32,35)/t18-,19+,20-,22-,23+,24-,28-/m0/s1. The van der Waals surface area contributed by atoms with Gasteiger partial charge in [-0.25, -0.2) is 0 Å².